The van der Waals surface area contributed by atoms with Gasteiger partial charge in [-0.2, -0.15) is 0 Å². The van der Waals surface area contributed by atoms with Crippen LogP contribution in [0.3, 0.4) is 0 Å². The molecule has 0 bridgehead atoms. The Hall–Kier alpha value is -1.64. The molecular formula is C17H29NO6Si. The Balaban J connectivity index is 2.48. The minimum Gasteiger partial charge on any atom is -0.493 e. The average molecular weight is 372 g/mol. The number of hydrogen-bond acceptors (Lipinski definition) is 6. The molecule has 7 nitrogen and oxygen atoms in total. The van der Waals surface area contributed by atoms with E-state index >= 15 is 0 Å². The van der Waals surface area contributed by atoms with E-state index in [1.165, 1.54) is 25.3 Å². The van der Waals surface area contributed by atoms with Crippen molar-refractivity contribution >= 4 is 13.8 Å². The van der Waals surface area contributed by atoms with Crippen LogP contribution in [0, 0.1) is 10.1 Å². The van der Waals surface area contributed by atoms with Gasteiger partial charge < -0.3 is 18.9 Å². The molecule has 0 unspecified atom stereocenters. The van der Waals surface area contributed by atoms with Gasteiger partial charge in [-0.25, -0.2) is 0 Å². The fourth-order valence-corrected chi connectivity index (χ4v) is 2.58. The van der Waals surface area contributed by atoms with Crippen molar-refractivity contribution in [1.82, 2.24) is 0 Å². The molecule has 0 aliphatic carbocycles. The van der Waals surface area contributed by atoms with Gasteiger partial charge in [-0.05, 0) is 26.0 Å². The highest BCUT2D eigenvalue weighted by Gasteiger charge is 2.22. The maximum Gasteiger partial charge on any atom is 0.273 e. The van der Waals surface area contributed by atoms with E-state index in [9.17, 15) is 10.1 Å². The summed E-state index contributed by atoms with van der Waals surface area (Å²) < 4.78 is 22.1. The number of methoxy groups -OCH3 is 1. The van der Waals surface area contributed by atoms with Crippen molar-refractivity contribution in [2.24, 2.45) is 0 Å². The molecule has 0 heterocycles. The van der Waals surface area contributed by atoms with Crippen molar-refractivity contribution in [3.05, 3.63) is 28.3 Å². The topological polar surface area (TPSA) is 80.1 Å². The third kappa shape index (κ3) is 8.33. The predicted molar refractivity (Wildman–Crippen MR) is 99.3 cm³/mol. The first kappa shape index (κ1) is 21.4. The number of benzene rings is 1. The first-order valence-electron chi connectivity index (χ1n) is 8.21. The van der Waals surface area contributed by atoms with Crippen LogP contribution in [0.25, 0.3) is 0 Å². The lowest BCUT2D eigenvalue weighted by Crippen LogP contribution is -2.33. The second-order valence-corrected chi connectivity index (χ2v) is 13.2. The second-order valence-electron chi connectivity index (χ2n) is 7.62. The van der Waals surface area contributed by atoms with Gasteiger partial charge in [0.05, 0.1) is 23.7 Å². The van der Waals surface area contributed by atoms with E-state index < -0.39 is 18.6 Å². The van der Waals surface area contributed by atoms with Crippen LogP contribution in [0.15, 0.2) is 18.2 Å². The smallest absolute Gasteiger partial charge is 0.273 e. The first-order valence-corrected chi connectivity index (χ1v) is 11.9. The number of non-ortho nitro benzene ring substituents is 1. The van der Waals surface area contributed by atoms with E-state index in [0.29, 0.717) is 18.1 Å². The summed E-state index contributed by atoms with van der Waals surface area (Å²) in [5.41, 5.74) is -0.609. The van der Waals surface area contributed by atoms with Gasteiger partial charge >= 0.3 is 0 Å². The second kappa shape index (κ2) is 9.16. The summed E-state index contributed by atoms with van der Waals surface area (Å²) >= 11 is 0. The molecule has 0 N–H and O–H groups in total. The van der Waals surface area contributed by atoms with Crippen molar-refractivity contribution in [2.75, 3.05) is 27.1 Å². The zero-order chi connectivity index (χ0) is 19.1. The van der Waals surface area contributed by atoms with Gasteiger partial charge in [0.25, 0.3) is 5.69 Å². The highest BCUT2D eigenvalue weighted by atomic mass is 28.3. The molecule has 25 heavy (non-hydrogen) atoms. The average Bonchev–Trinajstić information content (AvgIpc) is 2.51. The zero-order valence-corrected chi connectivity index (χ0v) is 17.0. The number of nitro groups is 1. The van der Waals surface area contributed by atoms with E-state index in [0.717, 1.165) is 6.04 Å². The van der Waals surface area contributed by atoms with Crippen LogP contribution in [0.5, 0.6) is 11.5 Å². The third-order valence-electron chi connectivity index (χ3n) is 3.46. The molecule has 0 atom stereocenters. The summed E-state index contributed by atoms with van der Waals surface area (Å²) in [5.74, 6) is 0.751. The van der Waals surface area contributed by atoms with Gasteiger partial charge in [0.15, 0.2) is 11.5 Å². The minimum absolute atomic E-state index is 0.0458. The first-order chi connectivity index (χ1) is 11.5. The van der Waals surface area contributed by atoms with Crippen LogP contribution < -0.4 is 9.47 Å². The van der Waals surface area contributed by atoms with Gasteiger partial charge in [0.2, 0.25) is 0 Å². The summed E-state index contributed by atoms with van der Waals surface area (Å²) in [7, 11) is 0.342. The van der Waals surface area contributed by atoms with Crippen molar-refractivity contribution in [3.8, 4) is 11.5 Å². The summed E-state index contributed by atoms with van der Waals surface area (Å²) in [5, 5.41) is 10.8. The lowest BCUT2D eigenvalue weighted by molar-refractivity contribution is -0.385. The van der Waals surface area contributed by atoms with Crippen LogP contribution in [-0.2, 0) is 9.47 Å². The molecule has 0 aromatic heterocycles. The highest BCUT2D eigenvalue weighted by Crippen LogP contribution is 2.31. The molecule has 142 valence electrons. The van der Waals surface area contributed by atoms with E-state index in [1.54, 1.807) is 0 Å². The molecule has 1 aromatic rings. The van der Waals surface area contributed by atoms with E-state index in [-0.39, 0.29) is 19.1 Å². The monoisotopic (exact) mass is 371 g/mol. The Morgan fingerprint density at radius 3 is 2.44 bits per heavy atom. The molecule has 0 aliphatic rings. The Kier molecular flexibility index (Phi) is 7.84. The molecule has 0 aliphatic heterocycles. The predicted octanol–water partition coefficient (Wildman–Crippen LogP) is 4.09. The van der Waals surface area contributed by atoms with Gasteiger partial charge in [-0.1, -0.05) is 19.6 Å². The highest BCUT2D eigenvalue weighted by molar-refractivity contribution is 6.76. The molecule has 0 amide bonds. The zero-order valence-electron chi connectivity index (χ0n) is 16.0. The van der Waals surface area contributed by atoms with Gasteiger partial charge in [-0.3, -0.25) is 10.1 Å². The largest absolute Gasteiger partial charge is 0.493 e. The molecule has 1 aromatic carbocycles. The molecule has 8 heteroatoms. The number of nitro benzene ring substituents is 1. The van der Waals surface area contributed by atoms with Gasteiger partial charge in [0, 0.05) is 20.7 Å². The Bertz CT molecular complexity index is 571. The number of hydrogen-bond donors (Lipinski definition) is 0. The molecule has 0 saturated carbocycles. The minimum atomic E-state index is -1.10. The molecule has 0 saturated heterocycles. The fraction of sp³-hybridized carbons (Fsp3) is 0.647. The third-order valence-corrected chi connectivity index (χ3v) is 5.17. The van der Waals surface area contributed by atoms with Gasteiger partial charge in [-0.15, -0.1) is 0 Å². The summed E-state index contributed by atoms with van der Waals surface area (Å²) in [6.07, 6.45) is 0. The van der Waals surface area contributed by atoms with Crippen LogP contribution >= 0.6 is 0 Å². The lowest BCUT2D eigenvalue weighted by Gasteiger charge is -2.26. The standard InChI is InChI=1S/C17H29NO6Si/c1-17(2,24-13-22-9-10-25(4,5)6)12-23-15-8-7-14(18(19)20)11-16(15)21-3/h7-8,11H,9-10,12-13H2,1-6H3. The maximum absolute atomic E-state index is 10.8. The number of ether oxygens (including phenoxy) is 4. The van der Waals surface area contributed by atoms with Crippen molar-refractivity contribution in [1.29, 1.82) is 0 Å². The molecule has 0 fully saturated rings. The summed E-state index contributed by atoms with van der Waals surface area (Å²) in [6, 6.07) is 5.33. The number of nitrogens with zero attached hydrogens (tertiary/aromatic N) is 1. The van der Waals surface area contributed by atoms with Crippen molar-refractivity contribution in [3.63, 3.8) is 0 Å². The summed E-state index contributed by atoms with van der Waals surface area (Å²) in [6.45, 7) is 11.9. The van der Waals surface area contributed by atoms with Crippen molar-refractivity contribution in [2.45, 2.75) is 45.1 Å². The fourth-order valence-electron chi connectivity index (χ4n) is 1.82. The van der Waals surface area contributed by atoms with Crippen LogP contribution in [-0.4, -0.2) is 45.7 Å². The Morgan fingerprint density at radius 2 is 1.88 bits per heavy atom. The molecule has 0 spiro atoms. The quantitative estimate of drug-likeness (QED) is 0.192. The summed E-state index contributed by atoms with van der Waals surface area (Å²) in [4.78, 5) is 10.3. The van der Waals surface area contributed by atoms with Crippen LogP contribution in [0.1, 0.15) is 13.8 Å². The number of rotatable bonds is 11. The van der Waals surface area contributed by atoms with Gasteiger partial charge in [0.1, 0.15) is 13.4 Å². The maximum atomic E-state index is 10.8. The SMILES string of the molecule is COc1cc([N+](=O)[O-])ccc1OCC(C)(C)OCOCC[Si](C)(C)C. The van der Waals surface area contributed by atoms with E-state index in [2.05, 4.69) is 19.6 Å². The van der Waals surface area contributed by atoms with Crippen LogP contribution in [0.4, 0.5) is 5.69 Å². The van der Waals surface area contributed by atoms with Crippen LogP contribution in [0.2, 0.25) is 25.7 Å². The Morgan fingerprint density at radius 1 is 1.20 bits per heavy atom. The van der Waals surface area contributed by atoms with E-state index in [1.807, 2.05) is 13.8 Å². The normalized spacial score (nSPS) is 12.1. The molecular weight excluding hydrogens is 342 g/mol. The molecule has 0 radical (unpaired) electrons. The molecule has 1 rings (SSSR count). The van der Waals surface area contributed by atoms with E-state index in [4.69, 9.17) is 18.9 Å². The van der Waals surface area contributed by atoms with Crippen molar-refractivity contribution < 1.29 is 23.9 Å². The Labute approximate surface area is 150 Å². The lowest BCUT2D eigenvalue weighted by atomic mass is 10.1.